The van der Waals surface area contributed by atoms with Gasteiger partial charge in [0.25, 0.3) is 0 Å². The highest BCUT2D eigenvalue weighted by atomic mass is 15.1. The Kier molecular flexibility index (Phi) is 2.72. The van der Waals surface area contributed by atoms with Crippen molar-refractivity contribution >= 4 is 17.3 Å². The van der Waals surface area contributed by atoms with Crippen LogP contribution in [0.1, 0.15) is 11.1 Å². The molecule has 82 valence electrons. The fraction of sp³-hybridized carbons (Fsp3) is 0.167. The third-order valence-electron chi connectivity index (χ3n) is 2.58. The molecule has 0 aliphatic heterocycles. The van der Waals surface area contributed by atoms with Crippen LogP contribution < -0.4 is 11.1 Å². The summed E-state index contributed by atoms with van der Waals surface area (Å²) in [5.74, 6) is 1.000. The number of nitrogen functional groups attached to an aromatic ring is 1. The Morgan fingerprint density at radius 1 is 1.12 bits per heavy atom. The topological polar surface area (TPSA) is 63.8 Å². The van der Waals surface area contributed by atoms with Gasteiger partial charge in [0.1, 0.15) is 0 Å². The van der Waals surface area contributed by atoms with Crippen LogP contribution in [0.15, 0.2) is 30.6 Å². The van der Waals surface area contributed by atoms with E-state index in [2.05, 4.69) is 35.2 Å². The molecule has 0 fully saturated rings. The summed E-state index contributed by atoms with van der Waals surface area (Å²) in [5, 5.41) is 3.18. The van der Waals surface area contributed by atoms with Gasteiger partial charge in [-0.05, 0) is 31.0 Å². The quantitative estimate of drug-likeness (QED) is 0.805. The summed E-state index contributed by atoms with van der Waals surface area (Å²) in [5.41, 5.74) is 9.14. The van der Waals surface area contributed by atoms with E-state index in [9.17, 15) is 0 Å². The van der Waals surface area contributed by atoms with E-state index in [1.165, 1.54) is 11.1 Å². The van der Waals surface area contributed by atoms with Crippen molar-refractivity contribution in [3.05, 3.63) is 41.7 Å². The number of anilines is 3. The van der Waals surface area contributed by atoms with Gasteiger partial charge in [0.2, 0.25) is 0 Å². The summed E-state index contributed by atoms with van der Waals surface area (Å²) >= 11 is 0. The van der Waals surface area contributed by atoms with Crippen molar-refractivity contribution in [3.63, 3.8) is 0 Å². The fourth-order valence-electron chi connectivity index (χ4n) is 1.46. The zero-order valence-electron chi connectivity index (χ0n) is 9.36. The molecule has 2 rings (SSSR count). The molecular weight excluding hydrogens is 200 g/mol. The molecule has 3 N–H and O–H groups in total. The first-order valence-corrected chi connectivity index (χ1v) is 5.08. The van der Waals surface area contributed by atoms with Crippen LogP contribution in [0, 0.1) is 13.8 Å². The first-order valence-electron chi connectivity index (χ1n) is 5.08. The summed E-state index contributed by atoms with van der Waals surface area (Å²) in [6.07, 6.45) is 3.19. The van der Waals surface area contributed by atoms with Gasteiger partial charge in [-0.3, -0.25) is 0 Å². The molecule has 1 aromatic heterocycles. The number of nitrogens with one attached hydrogen (secondary N) is 1. The molecule has 2 aromatic rings. The third-order valence-corrected chi connectivity index (χ3v) is 2.58. The Hall–Kier alpha value is -2.10. The van der Waals surface area contributed by atoms with Crippen LogP contribution in [0.25, 0.3) is 0 Å². The maximum atomic E-state index is 5.72. The van der Waals surface area contributed by atoms with E-state index in [-0.39, 0.29) is 0 Å². The molecule has 0 spiro atoms. The third kappa shape index (κ3) is 1.95. The molecule has 1 heterocycles. The Balaban J connectivity index is 2.35. The van der Waals surface area contributed by atoms with Crippen LogP contribution in [-0.2, 0) is 0 Å². The second-order valence-electron chi connectivity index (χ2n) is 3.66. The van der Waals surface area contributed by atoms with E-state index >= 15 is 0 Å². The zero-order chi connectivity index (χ0) is 11.5. The number of hydrogen-bond donors (Lipinski definition) is 2. The Morgan fingerprint density at radius 3 is 2.62 bits per heavy atom. The summed E-state index contributed by atoms with van der Waals surface area (Å²) in [4.78, 5) is 8.13. The molecule has 0 aliphatic rings. The average molecular weight is 214 g/mol. The van der Waals surface area contributed by atoms with Gasteiger partial charge in [-0.25, -0.2) is 9.97 Å². The van der Waals surface area contributed by atoms with Crippen molar-refractivity contribution in [2.75, 3.05) is 11.1 Å². The Morgan fingerprint density at radius 2 is 1.88 bits per heavy atom. The number of rotatable bonds is 2. The van der Waals surface area contributed by atoms with Gasteiger partial charge >= 0.3 is 0 Å². The summed E-state index contributed by atoms with van der Waals surface area (Å²) in [6, 6.07) is 6.06. The van der Waals surface area contributed by atoms with E-state index in [1.807, 2.05) is 12.1 Å². The second-order valence-corrected chi connectivity index (χ2v) is 3.66. The molecule has 0 saturated carbocycles. The predicted octanol–water partition coefficient (Wildman–Crippen LogP) is 2.42. The van der Waals surface area contributed by atoms with E-state index < -0.39 is 0 Å². The number of nitrogens with zero attached hydrogens (tertiary/aromatic N) is 2. The minimum absolute atomic E-state index is 0.406. The molecule has 0 bridgehead atoms. The van der Waals surface area contributed by atoms with Crippen LogP contribution in [0.4, 0.5) is 17.3 Å². The number of benzene rings is 1. The molecule has 4 nitrogen and oxygen atoms in total. The van der Waals surface area contributed by atoms with Gasteiger partial charge < -0.3 is 11.1 Å². The van der Waals surface area contributed by atoms with Crippen molar-refractivity contribution in [2.24, 2.45) is 0 Å². The van der Waals surface area contributed by atoms with Gasteiger partial charge in [0.15, 0.2) is 11.6 Å². The lowest BCUT2D eigenvalue weighted by atomic mass is 10.1. The molecule has 0 saturated heterocycles. The van der Waals surface area contributed by atoms with E-state index in [4.69, 9.17) is 5.73 Å². The van der Waals surface area contributed by atoms with Crippen molar-refractivity contribution in [1.82, 2.24) is 9.97 Å². The zero-order valence-corrected chi connectivity index (χ0v) is 9.36. The van der Waals surface area contributed by atoms with Crippen molar-refractivity contribution in [1.29, 1.82) is 0 Å². The largest absolute Gasteiger partial charge is 0.381 e. The smallest absolute Gasteiger partial charge is 0.173 e. The summed E-state index contributed by atoms with van der Waals surface area (Å²) < 4.78 is 0. The Labute approximate surface area is 94.5 Å². The lowest BCUT2D eigenvalue weighted by molar-refractivity contribution is 1.20. The van der Waals surface area contributed by atoms with Gasteiger partial charge in [-0.2, -0.15) is 0 Å². The highest BCUT2D eigenvalue weighted by Crippen LogP contribution is 2.23. The summed E-state index contributed by atoms with van der Waals surface area (Å²) in [7, 11) is 0. The SMILES string of the molecule is Cc1cccc(Nc2nccnc2N)c1C. The highest BCUT2D eigenvalue weighted by molar-refractivity contribution is 5.68. The van der Waals surface area contributed by atoms with Crippen LogP contribution in [-0.4, -0.2) is 9.97 Å². The first-order chi connectivity index (χ1) is 7.68. The second kappa shape index (κ2) is 4.18. The Bertz CT molecular complexity index is 508. The molecule has 0 unspecified atom stereocenters. The number of hydrogen-bond acceptors (Lipinski definition) is 4. The molecule has 4 heteroatoms. The minimum atomic E-state index is 0.406. The van der Waals surface area contributed by atoms with Gasteiger partial charge in [0.05, 0.1) is 0 Å². The number of aryl methyl sites for hydroxylation is 1. The first kappa shape index (κ1) is 10.4. The lowest BCUT2D eigenvalue weighted by Gasteiger charge is -2.11. The molecule has 16 heavy (non-hydrogen) atoms. The van der Waals surface area contributed by atoms with Crippen LogP contribution in [0.2, 0.25) is 0 Å². The van der Waals surface area contributed by atoms with E-state index in [0.717, 1.165) is 5.69 Å². The maximum absolute atomic E-state index is 5.72. The molecule has 0 radical (unpaired) electrons. The maximum Gasteiger partial charge on any atom is 0.173 e. The molecule has 1 aromatic carbocycles. The van der Waals surface area contributed by atoms with E-state index in [1.54, 1.807) is 12.4 Å². The van der Waals surface area contributed by atoms with Crippen LogP contribution in [0.5, 0.6) is 0 Å². The van der Waals surface area contributed by atoms with Crippen molar-refractivity contribution in [2.45, 2.75) is 13.8 Å². The molecule has 0 amide bonds. The van der Waals surface area contributed by atoms with Crippen LogP contribution in [0.3, 0.4) is 0 Å². The van der Waals surface area contributed by atoms with Crippen molar-refractivity contribution in [3.8, 4) is 0 Å². The average Bonchev–Trinajstić information content (AvgIpc) is 2.28. The monoisotopic (exact) mass is 214 g/mol. The number of nitrogens with two attached hydrogens (primary N) is 1. The summed E-state index contributed by atoms with van der Waals surface area (Å²) in [6.45, 7) is 4.13. The number of aromatic nitrogens is 2. The molecule has 0 atom stereocenters. The normalized spacial score (nSPS) is 10.1. The minimum Gasteiger partial charge on any atom is -0.381 e. The van der Waals surface area contributed by atoms with Crippen molar-refractivity contribution < 1.29 is 0 Å². The molecular formula is C12H14N4. The van der Waals surface area contributed by atoms with E-state index in [0.29, 0.717) is 11.6 Å². The fourth-order valence-corrected chi connectivity index (χ4v) is 1.46. The standard InChI is InChI=1S/C12H14N4/c1-8-4-3-5-10(9(8)2)16-12-11(13)14-6-7-15-12/h3-7H,1-2H3,(H2,13,14)(H,15,16). The molecule has 0 aliphatic carbocycles. The highest BCUT2D eigenvalue weighted by Gasteiger charge is 2.04. The predicted molar refractivity (Wildman–Crippen MR) is 65.6 cm³/mol. The van der Waals surface area contributed by atoms with Gasteiger partial charge in [0, 0.05) is 18.1 Å². The van der Waals surface area contributed by atoms with Crippen LogP contribution >= 0.6 is 0 Å². The lowest BCUT2D eigenvalue weighted by Crippen LogP contribution is -2.02. The van der Waals surface area contributed by atoms with Gasteiger partial charge in [-0.1, -0.05) is 12.1 Å². The van der Waals surface area contributed by atoms with Gasteiger partial charge in [-0.15, -0.1) is 0 Å².